The molecule has 0 radical (unpaired) electrons. The average Bonchev–Trinajstić information content (AvgIpc) is 2.74. The van der Waals surface area contributed by atoms with E-state index in [2.05, 4.69) is 23.7 Å². The minimum absolute atomic E-state index is 0.196. The maximum Gasteiger partial charge on any atom is 0.223 e. The molecule has 0 N–H and O–H groups in total. The summed E-state index contributed by atoms with van der Waals surface area (Å²) in [6.07, 6.45) is 3.28. The van der Waals surface area contributed by atoms with E-state index in [1.165, 1.54) is 10.9 Å². The molecule has 1 atom stereocenters. The number of para-hydroxylation sites is 1. The molecule has 1 saturated heterocycles. The first-order chi connectivity index (χ1) is 9.24. The summed E-state index contributed by atoms with van der Waals surface area (Å²) < 4.78 is 0. The summed E-state index contributed by atoms with van der Waals surface area (Å²) in [5, 5.41) is 1.38. The zero-order valence-electron chi connectivity index (χ0n) is 10.6. The molecule has 0 saturated carbocycles. The lowest BCUT2D eigenvalue weighted by molar-refractivity contribution is -0.127. The zero-order valence-corrected chi connectivity index (χ0v) is 11.5. The Morgan fingerprint density at radius 1 is 1.32 bits per heavy atom. The van der Waals surface area contributed by atoms with Gasteiger partial charge in [0.2, 0.25) is 5.91 Å². The molecule has 1 unspecified atom stereocenters. The van der Waals surface area contributed by atoms with E-state index in [9.17, 15) is 4.79 Å². The van der Waals surface area contributed by atoms with Crippen molar-refractivity contribution in [3.8, 4) is 0 Å². The van der Waals surface area contributed by atoms with Crippen LogP contribution in [0.3, 0.4) is 0 Å². The van der Waals surface area contributed by atoms with Crippen molar-refractivity contribution >= 4 is 29.4 Å². The predicted molar refractivity (Wildman–Crippen MR) is 79.4 cm³/mol. The molecule has 1 aliphatic heterocycles. The maximum atomic E-state index is 11.7. The van der Waals surface area contributed by atoms with Gasteiger partial charge in [-0.25, -0.2) is 0 Å². The van der Waals surface area contributed by atoms with Gasteiger partial charge in [0.1, 0.15) is 0 Å². The van der Waals surface area contributed by atoms with Crippen molar-refractivity contribution in [1.29, 1.82) is 0 Å². The van der Waals surface area contributed by atoms with Gasteiger partial charge in [-0.2, -0.15) is 12.6 Å². The number of hydrogen-bond acceptors (Lipinski definition) is 3. The molecule has 1 fully saturated rings. The van der Waals surface area contributed by atoms with Gasteiger partial charge in [-0.15, -0.1) is 0 Å². The quantitative estimate of drug-likeness (QED) is 0.870. The second kappa shape index (κ2) is 5.21. The first-order valence-electron chi connectivity index (χ1n) is 6.52. The highest BCUT2D eigenvalue weighted by atomic mass is 32.1. The van der Waals surface area contributed by atoms with Crippen LogP contribution in [0, 0.1) is 0 Å². The molecular formula is C15H16N2OS. The molecule has 1 aromatic heterocycles. The molecule has 98 valence electrons. The van der Waals surface area contributed by atoms with Crippen LogP contribution in [-0.2, 0) is 11.2 Å². The Morgan fingerprint density at radius 2 is 2.16 bits per heavy atom. The standard InChI is InChI=1S/C15H16N2OS/c18-15-9-12(19)10-17(15)8-6-11-5-7-16-14-4-2-1-3-13(11)14/h1-5,7,12,19H,6,8-10H2. The SMILES string of the molecule is O=C1CC(S)CN1CCc1ccnc2ccccc12. The number of pyridine rings is 1. The zero-order chi connectivity index (χ0) is 13.2. The monoisotopic (exact) mass is 272 g/mol. The van der Waals surface area contributed by atoms with Crippen molar-refractivity contribution in [2.45, 2.75) is 18.1 Å². The van der Waals surface area contributed by atoms with Gasteiger partial charge in [0.15, 0.2) is 0 Å². The Balaban J connectivity index is 1.77. The van der Waals surface area contributed by atoms with Gasteiger partial charge in [0.25, 0.3) is 0 Å². The summed E-state index contributed by atoms with van der Waals surface area (Å²) in [5.74, 6) is 0.221. The lowest BCUT2D eigenvalue weighted by Gasteiger charge is -2.16. The Kier molecular flexibility index (Phi) is 3.42. The van der Waals surface area contributed by atoms with E-state index >= 15 is 0 Å². The van der Waals surface area contributed by atoms with Gasteiger partial charge >= 0.3 is 0 Å². The summed E-state index contributed by atoms with van der Waals surface area (Å²) in [6.45, 7) is 1.54. The molecule has 2 aromatic rings. The lowest BCUT2D eigenvalue weighted by Crippen LogP contribution is -2.27. The van der Waals surface area contributed by atoms with E-state index in [0.29, 0.717) is 6.42 Å². The number of carbonyl (C=O) groups excluding carboxylic acids is 1. The van der Waals surface area contributed by atoms with Crippen LogP contribution in [0.4, 0.5) is 0 Å². The van der Waals surface area contributed by atoms with E-state index < -0.39 is 0 Å². The summed E-state index contributed by atoms with van der Waals surface area (Å²) in [6, 6.07) is 10.2. The van der Waals surface area contributed by atoms with Crippen molar-refractivity contribution in [3.05, 3.63) is 42.1 Å². The number of benzene rings is 1. The first kappa shape index (κ1) is 12.5. The second-order valence-corrected chi connectivity index (χ2v) is 5.67. The molecule has 1 amide bonds. The van der Waals surface area contributed by atoms with Crippen LogP contribution < -0.4 is 0 Å². The van der Waals surface area contributed by atoms with Crippen LogP contribution in [0.25, 0.3) is 10.9 Å². The molecule has 4 heteroatoms. The van der Waals surface area contributed by atoms with Crippen LogP contribution in [0.2, 0.25) is 0 Å². The van der Waals surface area contributed by atoms with Crippen LogP contribution >= 0.6 is 12.6 Å². The normalized spacial score (nSPS) is 19.3. The molecule has 0 spiro atoms. The van der Waals surface area contributed by atoms with Crippen molar-refractivity contribution in [1.82, 2.24) is 9.88 Å². The number of thiol groups is 1. The average molecular weight is 272 g/mol. The smallest absolute Gasteiger partial charge is 0.223 e. The molecule has 0 bridgehead atoms. The number of amides is 1. The molecule has 19 heavy (non-hydrogen) atoms. The molecule has 3 nitrogen and oxygen atoms in total. The highest BCUT2D eigenvalue weighted by Gasteiger charge is 2.26. The minimum atomic E-state index is 0.196. The molecule has 2 heterocycles. The van der Waals surface area contributed by atoms with Gasteiger partial charge in [-0.1, -0.05) is 18.2 Å². The van der Waals surface area contributed by atoms with Gasteiger partial charge < -0.3 is 4.90 Å². The molecule has 0 aliphatic carbocycles. The summed E-state index contributed by atoms with van der Waals surface area (Å²) in [5.41, 5.74) is 2.26. The van der Waals surface area contributed by atoms with Crippen LogP contribution in [0.1, 0.15) is 12.0 Å². The topological polar surface area (TPSA) is 33.2 Å². The van der Waals surface area contributed by atoms with Gasteiger partial charge in [-0.05, 0) is 24.1 Å². The highest BCUT2D eigenvalue weighted by Crippen LogP contribution is 2.19. The third-order valence-corrected chi connectivity index (χ3v) is 3.93. The fourth-order valence-corrected chi connectivity index (χ4v) is 2.95. The van der Waals surface area contributed by atoms with E-state index in [1.54, 1.807) is 0 Å². The summed E-state index contributed by atoms with van der Waals surface area (Å²) >= 11 is 4.38. The number of fused-ring (bicyclic) bond motifs is 1. The number of hydrogen-bond donors (Lipinski definition) is 1. The van der Waals surface area contributed by atoms with Crippen molar-refractivity contribution in [2.75, 3.05) is 13.1 Å². The van der Waals surface area contributed by atoms with Crippen LogP contribution in [-0.4, -0.2) is 34.1 Å². The summed E-state index contributed by atoms with van der Waals surface area (Å²) in [7, 11) is 0. The van der Waals surface area contributed by atoms with E-state index in [4.69, 9.17) is 0 Å². The lowest BCUT2D eigenvalue weighted by atomic mass is 10.1. The minimum Gasteiger partial charge on any atom is -0.341 e. The fraction of sp³-hybridized carbons (Fsp3) is 0.333. The number of nitrogens with zero attached hydrogens (tertiary/aromatic N) is 2. The third kappa shape index (κ3) is 2.59. The van der Waals surface area contributed by atoms with Gasteiger partial charge in [0, 0.05) is 36.3 Å². The highest BCUT2D eigenvalue weighted by molar-refractivity contribution is 7.81. The Labute approximate surface area is 118 Å². The Hall–Kier alpha value is -1.55. The van der Waals surface area contributed by atoms with Crippen molar-refractivity contribution in [2.24, 2.45) is 0 Å². The van der Waals surface area contributed by atoms with Gasteiger partial charge in [-0.3, -0.25) is 9.78 Å². The molecule has 3 rings (SSSR count). The third-order valence-electron chi connectivity index (χ3n) is 3.58. The maximum absolute atomic E-state index is 11.7. The van der Waals surface area contributed by atoms with Crippen molar-refractivity contribution < 1.29 is 4.79 Å². The second-order valence-electron chi connectivity index (χ2n) is 4.93. The molecular weight excluding hydrogens is 256 g/mol. The fourth-order valence-electron chi connectivity index (χ4n) is 2.60. The Bertz CT molecular complexity index is 609. The number of aromatic nitrogens is 1. The van der Waals surface area contributed by atoms with E-state index in [-0.39, 0.29) is 11.2 Å². The van der Waals surface area contributed by atoms with E-state index in [0.717, 1.165) is 25.0 Å². The van der Waals surface area contributed by atoms with Crippen molar-refractivity contribution in [3.63, 3.8) is 0 Å². The molecule has 1 aliphatic rings. The Morgan fingerprint density at radius 3 is 2.95 bits per heavy atom. The number of rotatable bonds is 3. The first-order valence-corrected chi connectivity index (χ1v) is 7.04. The molecule has 1 aromatic carbocycles. The number of carbonyl (C=O) groups is 1. The summed E-state index contributed by atoms with van der Waals surface area (Å²) in [4.78, 5) is 18.0. The largest absolute Gasteiger partial charge is 0.341 e. The van der Waals surface area contributed by atoms with Crippen LogP contribution in [0.15, 0.2) is 36.5 Å². The predicted octanol–water partition coefficient (Wildman–Crippen LogP) is 2.31. The van der Waals surface area contributed by atoms with Crippen LogP contribution in [0.5, 0.6) is 0 Å². The van der Waals surface area contributed by atoms with E-state index in [1.807, 2.05) is 35.4 Å². The number of likely N-dealkylation sites (tertiary alicyclic amines) is 1. The van der Waals surface area contributed by atoms with Gasteiger partial charge in [0.05, 0.1) is 5.52 Å².